The van der Waals surface area contributed by atoms with Crippen LogP contribution in [0, 0.1) is 11.7 Å². The van der Waals surface area contributed by atoms with Crippen LogP contribution in [0.5, 0.6) is 5.88 Å². The molecule has 7 heteroatoms. The molecule has 1 amide bonds. The molecule has 6 nitrogen and oxygen atoms in total. The van der Waals surface area contributed by atoms with Gasteiger partial charge < -0.3 is 14.4 Å². The maximum absolute atomic E-state index is 13.3. The summed E-state index contributed by atoms with van der Waals surface area (Å²) in [5, 5.41) is 0. The molecule has 4 rings (SSSR count). The van der Waals surface area contributed by atoms with Gasteiger partial charge in [0.1, 0.15) is 11.4 Å². The Labute approximate surface area is 157 Å². The predicted molar refractivity (Wildman–Crippen MR) is 95.9 cm³/mol. The molecule has 1 aromatic carbocycles. The van der Waals surface area contributed by atoms with Crippen molar-refractivity contribution in [2.24, 2.45) is 5.92 Å². The molecule has 2 aliphatic heterocycles. The SMILES string of the molecule is O=C(c1cccc(F)c1)N1CC2(C[C@@H](CCOc3cnccn3)CCO2)C1. The average Bonchev–Trinajstić information content (AvgIpc) is 2.66. The van der Waals surface area contributed by atoms with Gasteiger partial charge in [0.05, 0.1) is 25.9 Å². The number of halogens is 1. The maximum Gasteiger partial charge on any atom is 0.254 e. The van der Waals surface area contributed by atoms with Gasteiger partial charge in [-0.2, -0.15) is 0 Å². The van der Waals surface area contributed by atoms with E-state index in [0.29, 0.717) is 43.7 Å². The van der Waals surface area contributed by atoms with Gasteiger partial charge in [0.15, 0.2) is 0 Å². The second kappa shape index (κ2) is 7.60. The lowest BCUT2D eigenvalue weighted by atomic mass is 9.79. The maximum atomic E-state index is 13.3. The summed E-state index contributed by atoms with van der Waals surface area (Å²) < 4.78 is 25.0. The third-order valence-electron chi connectivity index (χ3n) is 5.23. The Kier molecular flexibility index (Phi) is 5.03. The summed E-state index contributed by atoms with van der Waals surface area (Å²) in [7, 11) is 0. The van der Waals surface area contributed by atoms with Crippen molar-refractivity contribution in [3.05, 3.63) is 54.2 Å². The van der Waals surface area contributed by atoms with E-state index >= 15 is 0 Å². The molecular formula is C20H22FN3O3. The Morgan fingerprint density at radius 1 is 1.37 bits per heavy atom. The number of hydrogen-bond donors (Lipinski definition) is 0. The quantitative estimate of drug-likeness (QED) is 0.809. The molecule has 1 atom stereocenters. The summed E-state index contributed by atoms with van der Waals surface area (Å²) >= 11 is 0. The van der Waals surface area contributed by atoms with Crippen LogP contribution in [0.15, 0.2) is 42.9 Å². The Morgan fingerprint density at radius 3 is 3.04 bits per heavy atom. The first-order valence-electron chi connectivity index (χ1n) is 9.21. The van der Waals surface area contributed by atoms with Crippen LogP contribution in [0.1, 0.15) is 29.6 Å². The lowest BCUT2D eigenvalue weighted by molar-refractivity contribution is -0.166. The Hall–Kier alpha value is -2.54. The normalized spacial score (nSPS) is 20.9. The molecule has 142 valence electrons. The van der Waals surface area contributed by atoms with Crippen LogP contribution in [0.3, 0.4) is 0 Å². The van der Waals surface area contributed by atoms with Crippen LogP contribution in [0.2, 0.25) is 0 Å². The summed E-state index contributed by atoms with van der Waals surface area (Å²) in [6.45, 7) is 2.40. The molecule has 2 aliphatic rings. The first-order chi connectivity index (χ1) is 13.1. The minimum absolute atomic E-state index is 0.142. The van der Waals surface area contributed by atoms with E-state index in [-0.39, 0.29) is 11.5 Å². The van der Waals surface area contributed by atoms with Crippen molar-refractivity contribution in [1.82, 2.24) is 14.9 Å². The Morgan fingerprint density at radius 2 is 2.26 bits per heavy atom. The number of rotatable bonds is 5. The lowest BCUT2D eigenvalue weighted by Gasteiger charge is -2.53. The van der Waals surface area contributed by atoms with Gasteiger partial charge in [-0.25, -0.2) is 9.37 Å². The minimum atomic E-state index is -0.395. The summed E-state index contributed by atoms with van der Waals surface area (Å²) in [6, 6.07) is 5.82. The molecule has 0 aliphatic carbocycles. The minimum Gasteiger partial charge on any atom is -0.477 e. The van der Waals surface area contributed by atoms with Crippen LogP contribution < -0.4 is 4.74 Å². The van der Waals surface area contributed by atoms with E-state index in [4.69, 9.17) is 9.47 Å². The second-order valence-electron chi connectivity index (χ2n) is 7.24. The number of ether oxygens (including phenoxy) is 2. The smallest absolute Gasteiger partial charge is 0.254 e. The van der Waals surface area contributed by atoms with Crippen molar-refractivity contribution >= 4 is 5.91 Å². The lowest BCUT2D eigenvalue weighted by Crippen LogP contribution is -2.66. The van der Waals surface area contributed by atoms with Crippen LogP contribution in [-0.2, 0) is 4.74 Å². The highest BCUT2D eigenvalue weighted by Gasteiger charge is 2.49. The van der Waals surface area contributed by atoms with E-state index in [1.807, 2.05) is 0 Å². The van der Waals surface area contributed by atoms with Crippen molar-refractivity contribution in [3.8, 4) is 5.88 Å². The number of amides is 1. The van der Waals surface area contributed by atoms with Gasteiger partial charge >= 0.3 is 0 Å². The Balaban J connectivity index is 1.27. The van der Waals surface area contributed by atoms with Gasteiger partial charge in [0.25, 0.3) is 5.91 Å². The highest BCUT2D eigenvalue weighted by Crippen LogP contribution is 2.38. The third kappa shape index (κ3) is 4.08. The van der Waals surface area contributed by atoms with E-state index in [9.17, 15) is 9.18 Å². The highest BCUT2D eigenvalue weighted by molar-refractivity contribution is 5.94. The van der Waals surface area contributed by atoms with Crippen molar-refractivity contribution in [2.75, 3.05) is 26.3 Å². The largest absolute Gasteiger partial charge is 0.477 e. The summed E-state index contributed by atoms with van der Waals surface area (Å²) in [5.74, 6) is 0.488. The van der Waals surface area contributed by atoms with Crippen LogP contribution in [0.4, 0.5) is 4.39 Å². The van der Waals surface area contributed by atoms with Crippen molar-refractivity contribution in [2.45, 2.75) is 24.9 Å². The van der Waals surface area contributed by atoms with Crippen molar-refractivity contribution in [1.29, 1.82) is 0 Å². The van der Waals surface area contributed by atoms with Gasteiger partial charge in [-0.15, -0.1) is 0 Å². The fourth-order valence-corrected chi connectivity index (χ4v) is 3.88. The zero-order valence-electron chi connectivity index (χ0n) is 15.0. The fraction of sp³-hybridized carbons (Fsp3) is 0.450. The predicted octanol–water partition coefficient (Wildman–Crippen LogP) is 2.71. The molecule has 0 N–H and O–H groups in total. The standard InChI is InChI=1S/C20H22FN3O3/c21-17-3-1-2-16(10-17)19(25)24-13-20(14-24)11-15(5-9-27-20)4-8-26-18-12-22-6-7-23-18/h1-3,6-7,10,12,15H,4-5,8-9,11,13-14H2/t15-/m0/s1. The van der Waals surface area contributed by atoms with E-state index in [1.54, 1.807) is 35.6 Å². The van der Waals surface area contributed by atoms with Crippen LogP contribution >= 0.6 is 0 Å². The molecule has 0 radical (unpaired) electrons. The highest BCUT2D eigenvalue weighted by atomic mass is 19.1. The van der Waals surface area contributed by atoms with E-state index in [0.717, 1.165) is 19.3 Å². The zero-order valence-corrected chi connectivity index (χ0v) is 15.0. The number of carbonyl (C=O) groups is 1. The van der Waals surface area contributed by atoms with Crippen molar-refractivity contribution in [3.63, 3.8) is 0 Å². The van der Waals surface area contributed by atoms with Gasteiger partial charge in [-0.05, 0) is 43.4 Å². The molecule has 1 aromatic heterocycles. The number of carbonyl (C=O) groups excluding carboxylic acids is 1. The first kappa shape index (κ1) is 17.9. The second-order valence-corrected chi connectivity index (χ2v) is 7.24. The van der Waals surface area contributed by atoms with Crippen molar-refractivity contribution < 1.29 is 18.7 Å². The molecule has 2 fully saturated rings. The molecule has 2 aromatic rings. The fourth-order valence-electron chi connectivity index (χ4n) is 3.88. The average molecular weight is 371 g/mol. The van der Waals surface area contributed by atoms with Gasteiger partial charge in [0, 0.05) is 24.6 Å². The number of likely N-dealkylation sites (tertiary alicyclic amines) is 1. The molecule has 27 heavy (non-hydrogen) atoms. The van der Waals surface area contributed by atoms with E-state index in [2.05, 4.69) is 9.97 Å². The molecule has 2 saturated heterocycles. The number of hydrogen-bond acceptors (Lipinski definition) is 5. The monoisotopic (exact) mass is 371 g/mol. The molecular weight excluding hydrogens is 349 g/mol. The van der Waals surface area contributed by atoms with Crippen LogP contribution in [0.25, 0.3) is 0 Å². The van der Waals surface area contributed by atoms with E-state index < -0.39 is 5.82 Å². The molecule has 0 bridgehead atoms. The number of benzene rings is 1. The Bertz CT molecular complexity index is 796. The van der Waals surface area contributed by atoms with Crippen LogP contribution in [-0.4, -0.2) is 52.7 Å². The van der Waals surface area contributed by atoms with Gasteiger partial charge in [-0.3, -0.25) is 9.78 Å². The molecule has 3 heterocycles. The summed E-state index contributed by atoms with van der Waals surface area (Å²) in [5.41, 5.74) is 0.118. The van der Waals surface area contributed by atoms with E-state index in [1.165, 1.54) is 12.1 Å². The summed E-state index contributed by atoms with van der Waals surface area (Å²) in [4.78, 5) is 22.3. The van der Waals surface area contributed by atoms with Gasteiger partial charge in [0.2, 0.25) is 5.88 Å². The number of aromatic nitrogens is 2. The summed E-state index contributed by atoms with van der Waals surface area (Å²) in [6.07, 6.45) is 7.64. The first-order valence-corrected chi connectivity index (χ1v) is 9.21. The number of nitrogens with zero attached hydrogens (tertiary/aromatic N) is 3. The third-order valence-corrected chi connectivity index (χ3v) is 5.23. The molecule has 1 spiro atoms. The van der Waals surface area contributed by atoms with Gasteiger partial charge in [-0.1, -0.05) is 6.07 Å². The molecule has 0 saturated carbocycles. The zero-order chi connectivity index (χ0) is 18.7. The topological polar surface area (TPSA) is 64.6 Å². The molecule has 0 unspecified atom stereocenters.